The zero-order valence-electron chi connectivity index (χ0n) is 43.4. The highest BCUT2D eigenvalue weighted by molar-refractivity contribution is 5.71. The lowest BCUT2D eigenvalue weighted by molar-refractivity contribution is -0.167. The van der Waals surface area contributed by atoms with E-state index in [1.165, 1.54) is 77.0 Å². The molecule has 6 nitrogen and oxygen atoms in total. The van der Waals surface area contributed by atoms with Gasteiger partial charge in [0.1, 0.15) is 13.2 Å². The molecular weight excluding hydrogens is 829 g/mol. The Labute approximate surface area is 412 Å². The molecule has 1 atom stereocenters. The maximum absolute atomic E-state index is 12.8. The van der Waals surface area contributed by atoms with E-state index >= 15 is 0 Å². The minimum atomic E-state index is -0.809. The zero-order chi connectivity index (χ0) is 48.6. The molecule has 0 spiro atoms. The van der Waals surface area contributed by atoms with Gasteiger partial charge in [0.2, 0.25) is 0 Å². The summed E-state index contributed by atoms with van der Waals surface area (Å²) < 4.78 is 16.8. The molecule has 0 bridgehead atoms. The fourth-order valence-electron chi connectivity index (χ4n) is 7.22. The Morgan fingerprint density at radius 3 is 0.940 bits per heavy atom. The summed E-state index contributed by atoms with van der Waals surface area (Å²) in [5.74, 6) is -0.979. The maximum Gasteiger partial charge on any atom is 0.306 e. The van der Waals surface area contributed by atoms with E-state index in [0.29, 0.717) is 19.3 Å². The van der Waals surface area contributed by atoms with Gasteiger partial charge < -0.3 is 14.2 Å². The monoisotopic (exact) mass is 929 g/mol. The molecule has 0 aliphatic heterocycles. The highest BCUT2D eigenvalue weighted by atomic mass is 16.6. The number of allylic oxidation sites excluding steroid dienone is 18. The number of unbranched alkanes of at least 4 members (excludes halogenated alkanes) is 19. The predicted octanol–water partition coefficient (Wildman–Crippen LogP) is 18.3. The van der Waals surface area contributed by atoms with Crippen LogP contribution >= 0.6 is 0 Å². The summed E-state index contributed by atoms with van der Waals surface area (Å²) in [7, 11) is 0. The van der Waals surface area contributed by atoms with Gasteiger partial charge >= 0.3 is 17.9 Å². The van der Waals surface area contributed by atoms with Crippen molar-refractivity contribution in [2.45, 2.75) is 245 Å². The molecule has 0 saturated carbocycles. The molecular formula is C61H100O6. The van der Waals surface area contributed by atoms with Crippen LogP contribution in [0.1, 0.15) is 239 Å². The van der Waals surface area contributed by atoms with Gasteiger partial charge in [-0.1, -0.05) is 226 Å². The van der Waals surface area contributed by atoms with Gasteiger partial charge in [0.15, 0.2) is 6.10 Å². The first-order chi connectivity index (χ1) is 33.0. The van der Waals surface area contributed by atoms with Gasteiger partial charge in [-0.15, -0.1) is 0 Å². The van der Waals surface area contributed by atoms with Gasteiger partial charge in [0.25, 0.3) is 0 Å². The molecule has 0 unspecified atom stereocenters. The zero-order valence-corrected chi connectivity index (χ0v) is 43.4. The van der Waals surface area contributed by atoms with E-state index in [-0.39, 0.29) is 31.1 Å². The van der Waals surface area contributed by atoms with Crippen molar-refractivity contribution in [1.82, 2.24) is 0 Å². The summed E-state index contributed by atoms with van der Waals surface area (Å²) in [6, 6.07) is 0. The lowest BCUT2D eigenvalue weighted by Crippen LogP contribution is -2.30. The van der Waals surface area contributed by atoms with Gasteiger partial charge in [-0.3, -0.25) is 14.4 Å². The van der Waals surface area contributed by atoms with Crippen LogP contribution in [0, 0.1) is 0 Å². The first kappa shape index (κ1) is 63.1. The summed E-state index contributed by atoms with van der Waals surface area (Å²) >= 11 is 0. The van der Waals surface area contributed by atoms with Crippen LogP contribution < -0.4 is 0 Å². The van der Waals surface area contributed by atoms with Gasteiger partial charge in [0, 0.05) is 19.3 Å². The van der Waals surface area contributed by atoms with E-state index in [1.807, 2.05) is 0 Å². The molecule has 0 N–H and O–H groups in total. The lowest BCUT2D eigenvalue weighted by atomic mass is 10.0. The Balaban J connectivity index is 4.51. The van der Waals surface area contributed by atoms with Crippen molar-refractivity contribution in [2.75, 3.05) is 13.2 Å². The molecule has 0 aromatic heterocycles. The molecule has 0 amide bonds. The number of hydrogen-bond donors (Lipinski definition) is 0. The molecule has 0 rings (SSSR count). The molecule has 0 aromatic carbocycles. The SMILES string of the molecule is CC/C=C\C/C=C\C/C=C\C/C=C\C/C=C\CCCCCC(=O)OC[C@H](COC(=O)CCCC/C=C\C/C=C\C/C=C\C/C=C\CC)OC(=O)CCCCCCCCCCCCCCCCC. The summed E-state index contributed by atoms with van der Waals surface area (Å²) in [4.78, 5) is 38.1. The van der Waals surface area contributed by atoms with Crippen LogP contribution in [0.15, 0.2) is 109 Å². The predicted molar refractivity (Wildman–Crippen MR) is 288 cm³/mol. The molecule has 0 aliphatic carbocycles. The third-order valence-electron chi connectivity index (χ3n) is 11.3. The summed E-state index contributed by atoms with van der Waals surface area (Å²) in [6.07, 6.45) is 73.6. The van der Waals surface area contributed by atoms with E-state index in [1.54, 1.807) is 0 Å². The van der Waals surface area contributed by atoms with Crippen molar-refractivity contribution < 1.29 is 28.6 Å². The standard InChI is InChI=1S/C61H100O6/c1-4-7-10-13-16-19-22-25-28-29-30-31-34-36-39-42-45-48-51-54-60(63)66-57-58(67-61(64)55-52-49-46-43-40-37-33-27-24-21-18-15-12-9-6-3)56-65-59(62)53-50-47-44-41-38-35-32-26-23-20-17-14-11-8-5-2/h7-8,10-11,16-17,19-20,25-26,28,30-32,36,38-39,41,58H,4-6,9,12-15,18,21-24,27,29,33-35,37,40,42-57H2,1-3H3/b10-7-,11-8-,19-16-,20-17-,28-25-,31-30-,32-26-,39-36-,41-38-/t58-/m0/s1. The average Bonchev–Trinajstić information content (AvgIpc) is 3.33. The second-order valence-corrected chi connectivity index (χ2v) is 17.7. The smallest absolute Gasteiger partial charge is 0.306 e. The Bertz CT molecular complexity index is 1390. The molecule has 0 aliphatic rings. The van der Waals surface area contributed by atoms with Crippen molar-refractivity contribution in [1.29, 1.82) is 0 Å². The van der Waals surface area contributed by atoms with Gasteiger partial charge in [-0.25, -0.2) is 0 Å². The van der Waals surface area contributed by atoms with Crippen LogP contribution in [0.5, 0.6) is 0 Å². The summed E-state index contributed by atoms with van der Waals surface area (Å²) in [6.45, 7) is 6.35. The van der Waals surface area contributed by atoms with Gasteiger partial charge in [-0.05, 0) is 103 Å². The van der Waals surface area contributed by atoms with Crippen molar-refractivity contribution in [3.63, 3.8) is 0 Å². The highest BCUT2D eigenvalue weighted by Crippen LogP contribution is 2.15. The molecule has 0 saturated heterocycles. The number of ether oxygens (including phenoxy) is 3. The maximum atomic E-state index is 12.8. The van der Waals surface area contributed by atoms with E-state index in [0.717, 1.165) is 122 Å². The fourth-order valence-corrected chi connectivity index (χ4v) is 7.22. The largest absolute Gasteiger partial charge is 0.462 e. The highest BCUT2D eigenvalue weighted by Gasteiger charge is 2.19. The first-order valence-corrected chi connectivity index (χ1v) is 27.4. The van der Waals surface area contributed by atoms with E-state index in [4.69, 9.17) is 14.2 Å². The normalized spacial score (nSPS) is 12.9. The van der Waals surface area contributed by atoms with Gasteiger partial charge in [0.05, 0.1) is 0 Å². The molecule has 67 heavy (non-hydrogen) atoms. The fraction of sp³-hybridized carbons (Fsp3) is 0.656. The van der Waals surface area contributed by atoms with Crippen LogP contribution in [0.4, 0.5) is 0 Å². The Morgan fingerprint density at radius 2 is 0.582 bits per heavy atom. The lowest BCUT2D eigenvalue weighted by Gasteiger charge is -2.18. The number of rotatable bonds is 48. The van der Waals surface area contributed by atoms with Crippen molar-refractivity contribution >= 4 is 17.9 Å². The topological polar surface area (TPSA) is 78.9 Å². The van der Waals surface area contributed by atoms with E-state index in [2.05, 4.69) is 130 Å². The van der Waals surface area contributed by atoms with Crippen LogP contribution in [0.3, 0.4) is 0 Å². The second-order valence-electron chi connectivity index (χ2n) is 17.7. The van der Waals surface area contributed by atoms with E-state index in [9.17, 15) is 14.4 Å². The Hall–Kier alpha value is -3.93. The number of carbonyl (C=O) groups is 3. The van der Waals surface area contributed by atoms with E-state index < -0.39 is 6.10 Å². The van der Waals surface area contributed by atoms with Gasteiger partial charge in [-0.2, -0.15) is 0 Å². The number of hydrogen-bond acceptors (Lipinski definition) is 6. The Kier molecular flexibility index (Phi) is 51.5. The summed E-state index contributed by atoms with van der Waals surface area (Å²) in [5, 5.41) is 0. The Morgan fingerprint density at radius 1 is 0.313 bits per heavy atom. The van der Waals surface area contributed by atoms with Crippen molar-refractivity contribution in [2.24, 2.45) is 0 Å². The summed E-state index contributed by atoms with van der Waals surface area (Å²) in [5.41, 5.74) is 0. The third-order valence-corrected chi connectivity index (χ3v) is 11.3. The molecule has 0 fully saturated rings. The van der Waals surface area contributed by atoms with Crippen LogP contribution in [0.2, 0.25) is 0 Å². The molecule has 0 heterocycles. The third kappa shape index (κ3) is 52.9. The molecule has 0 aromatic rings. The minimum absolute atomic E-state index is 0.109. The van der Waals surface area contributed by atoms with Crippen molar-refractivity contribution in [3.05, 3.63) is 109 Å². The quantitative estimate of drug-likeness (QED) is 0.0262. The van der Waals surface area contributed by atoms with Crippen molar-refractivity contribution in [3.8, 4) is 0 Å². The first-order valence-electron chi connectivity index (χ1n) is 27.4. The van der Waals surface area contributed by atoms with Crippen LogP contribution in [0.25, 0.3) is 0 Å². The molecule has 380 valence electrons. The van der Waals surface area contributed by atoms with Crippen LogP contribution in [-0.4, -0.2) is 37.2 Å². The molecule has 0 radical (unpaired) electrons. The minimum Gasteiger partial charge on any atom is -0.462 e. The second kappa shape index (κ2) is 54.7. The average molecular weight is 929 g/mol. The number of carbonyl (C=O) groups excluding carboxylic acids is 3. The number of esters is 3. The molecule has 6 heteroatoms. The van der Waals surface area contributed by atoms with Crippen LogP contribution in [-0.2, 0) is 28.6 Å².